The van der Waals surface area contributed by atoms with Crippen LogP contribution in [0.3, 0.4) is 0 Å². The third-order valence-corrected chi connectivity index (χ3v) is 5.81. The quantitative estimate of drug-likeness (QED) is 0.263. The third-order valence-electron chi connectivity index (χ3n) is 5.81. The molecule has 36 heavy (non-hydrogen) atoms. The first-order valence-electron chi connectivity index (χ1n) is 12.3. The zero-order valence-corrected chi connectivity index (χ0v) is 20.7. The molecular formula is C28H35N3O5. The maximum Gasteiger partial charge on any atom is 0.333 e. The molecule has 1 fully saturated rings. The smallest absolute Gasteiger partial charge is 0.333 e. The summed E-state index contributed by atoms with van der Waals surface area (Å²) in [6.07, 6.45) is 6.76. The lowest BCUT2D eigenvalue weighted by Gasteiger charge is -2.19. The van der Waals surface area contributed by atoms with Gasteiger partial charge in [-0.25, -0.2) is 4.79 Å². The van der Waals surface area contributed by atoms with Crippen molar-refractivity contribution >= 4 is 23.7 Å². The Labute approximate surface area is 212 Å². The van der Waals surface area contributed by atoms with E-state index in [4.69, 9.17) is 19.9 Å². The summed E-state index contributed by atoms with van der Waals surface area (Å²) >= 11 is 0. The van der Waals surface area contributed by atoms with E-state index >= 15 is 0 Å². The minimum absolute atomic E-state index is 0.171. The molecule has 0 saturated carbocycles. The van der Waals surface area contributed by atoms with Crippen LogP contribution in [0.25, 0.3) is 5.57 Å². The average molecular weight is 494 g/mol. The molecule has 192 valence electrons. The normalized spacial score (nSPS) is 17.0. The molecule has 2 unspecified atom stereocenters. The number of nitrogens with two attached hydrogens (primary N) is 1. The van der Waals surface area contributed by atoms with E-state index in [1.807, 2.05) is 36.4 Å². The van der Waals surface area contributed by atoms with Crippen LogP contribution in [0, 0.1) is 0 Å². The molecule has 0 spiro atoms. The minimum Gasteiger partial charge on any atom is -0.467 e. The Morgan fingerprint density at radius 1 is 1.19 bits per heavy atom. The number of carbonyl (C=O) groups is 2. The van der Waals surface area contributed by atoms with Crippen LogP contribution in [0.1, 0.15) is 54.8 Å². The molecule has 1 amide bonds. The zero-order chi connectivity index (χ0) is 25.6. The Morgan fingerprint density at radius 2 is 2.03 bits per heavy atom. The van der Waals surface area contributed by atoms with Crippen molar-refractivity contribution in [2.75, 3.05) is 20.3 Å². The van der Waals surface area contributed by atoms with Gasteiger partial charge >= 0.3 is 5.97 Å². The van der Waals surface area contributed by atoms with Gasteiger partial charge in [0.15, 0.2) is 6.04 Å². The molecule has 2 aromatic carbocycles. The molecule has 1 saturated heterocycles. The number of esters is 1. The van der Waals surface area contributed by atoms with Crippen molar-refractivity contribution in [1.82, 2.24) is 5.32 Å². The molecule has 1 aliphatic heterocycles. The summed E-state index contributed by atoms with van der Waals surface area (Å²) in [4.78, 5) is 29.6. The number of aliphatic imine (C=N–C) groups is 1. The lowest BCUT2D eigenvalue weighted by molar-refractivity contribution is -0.145. The number of rotatable bonds is 12. The number of benzene rings is 2. The number of allylic oxidation sites excluding steroid dienone is 1. The van der Waals surface area contributed by atoms with Crippen molar-refractivity contribution in [1.29, 1.82) is 0 Å². The van der Waals surface area contributed by atoms with Crippen molar-refractivity contribution in [3.05, 3.63) is 77.5 Å². The van der Waals surface area contributed by atoms with Gasteiger partial charge in [0.05, 0.1) is 13.7 Å². The van der Waals surface area contributed by atoms with E-state index < -0.39 is 12.0 Å². The Hall–Kier alpha value is -3.49. The van der Waals surface area contributed by atoms with Crippen LogP contribution < -0.4 is 11.1 Å². The minimum atomic E-state index is -0.940. The van der Waals surface area contributed by atoms with Gasteiger partial charge in [-0.2, -0.15) is 0 Å². The molecule has 8 nitrogen and oxygen atoms in total. The van der Waals surface area contributed by atoms with Crippen LogP contribution in [0.15, 0.2) is 65.8 Å². The number of nitrogens with one attached hydrogen (secondary N) is 1. The lowest BCUT2D eigenvalue weighted by Crippen LogP contribution is -2.34. The first-order valence-corrected chi connectivity index (χ1v) is 12.3. The van der Waals surface area contributed by atoms with E-state index in [1.54, 1.807) is 24.4 Å². The first-order chi connectivity index (χ1) is 17.6. The summed E-state index contributed by atoms with van der Waals surface area (Å²) in [6.45, 7) is 1.64. The number of hydrogen-bond acceptors (Lipinski definition) is 7. The standard InChI is InChI=1S/C28H35N3O5/c1-34-28(33)27(31-25(32)13-8-15-35-20-21-9-3-2-4-10-21)23-12-7-11-22(17-23)24(18-29)19-30-26-14-5-6-16-36-26/h2-4,7,9-12,17-19,26-27H,5-6,8,13-16,20,29H2,1H3,(H,31,32)/b24-18+,30-19+. The van der Waals surface area contributed by atoms with Crippen LogP contribution in [-0.2, 0) is 30.4 Å². The predicted molar refractivity (Wildman–Crippen MR) is 139 cm³/mol. The van der Waals surface area contributed by atoms with Gasteiger partial charge < -0.3 is 25.3 Å². The van der Waals surface area contributed by atoms with Crippen LogP contribution in [0.5, 0.6) is 0 Å². The second-order valence-corrected chi connectivity index (χ2v) is 8.51. The highest BCUT2D eigenvalue weighted by Crippen LogP contribution is 2.21. The molecule has 2 aromatic rings. The molecule has 0 aliphatic carbocycles. The van der Waals surface area contributed by atoms with Gasteiger partial charge in [0.1, 0.15) is 6.23 Å². The summed E-state index contributed by atoms with van der Waals surface area (Å²) in [6, 6.07) is 16.2. The van der Waals surface area contributed by atoms with E-state index in [1.165, 1.54) is 13.3 Å². The fraction of sp³-hybridized carbons (Fsp3) is 0.393. The summed E-state index contributed by atoms with van der Waals surface area (Å²) in [5.41, 5.74) is 9.00. The Bertz CT molecular complexity index is 1030. The molecule has 3 rings (SSSR count). The molecule has 0 aromatic heterocycles. The Morgan fingerprint density at radius 3 is 2.75 bits per heavy atom. The predicted octanol–water partition coefficient (Wildman–Crippen LogP) is 3.91. The molecular weight excluding hydrogens is 458 g/mol. The van der Waals surface area contributed by atoms with Gasteiger partial charge in [0.2, 0.25) is 5.91 Å². The Kier molecular flexibility index (Phi) is 11.1. The maximum atomic E-state index is 12.6. The second-order valence-electron chi connectivity index (χ2n) is 8.51. The largest absolute Gasteiger partial charge is 0.467 e. The molecule has 0 radical (unpaired) electrons. The summed E-state index contributed by atoms with van der Waals surface area (Å²) in [5.74, 6) is -0.812. The number of carbonyl (C=O) groups excluding carboxylic acids is 2. The van der Waals surface area contributed by atoms with Crippen molar-refractivity contribution < 1.29 is 23.8 Å². The van der Waals surface area contributed by atoms with Crippen molar-refractivity contribution in [2.24, 2.45) is 10.7 Å². The van der Waals surface area contributed by atoms with Gasteiger partial charge in [0.25, 0.3) is 0 Å². The van der Waals surface area contributed by atoms with Crippen LogP contribution >= 0.6 is 0 Å². The number of methoxy groups -OCH3 is 1. The molecule has 1 aliphatic rings. The van der Waals surface area contributed by atoms with Crippen molar-refractivity contribution in [3.63, 3.8) is 0 Å². The van der Waals surface area contributed by atoms with Gasteiger partial charge in [0, 0.05) is 37.6 Å². The van der Waals surface area contributed by atoms with Gasteiger partial charge in [-0.3, -0.25) is 9.79 Å². The second kappa shape index (κ2) is 14.8. The monoisotopic (exact) mass is 493 g/mol. The maximum absolute atomic E-state index is 12.6. The van der Waals surface area contributed by atoms with Crippen molar-refractivity contribution in [3.8, 4) is 0 Å². The SMILES string of the molecule is COC(=O)C(NC(=O)CCCOCc1ccccc1)c1cccc(C(=C/N)/C=N/C2CCCCO2)c1. The van der Waals surface area contributed by atoms with Crippen molar-refractivity contribution in [2.45, 2.75) is 51.0 Å². The van der Waals surface area contributed by atoms with E-state index in [2.05, 4.69) is 10.3 Å². The molecule has 2 atom stereocenters. The number of hydrogen-bond donors (Lipinski definition) is 2. The fourth-order valence-electron chi connectivity index (χ4n) is 3.84. The molecule has 0 bridgehead atoms. The number of ether oxygens (including phenoxy) is 3. The highest BCUT2D eigenvalue weighted by atomic mass is 16.5. The molecule has 1 heterocycles. The third kappa shape index (κ3) is 8.62. The van der Waals surface area contributed by atoms with Crippen LogP contribution in [0.2, 0.25) is 0 Å². The van der Waals surface area contributed by atoms with Crippen LogP contribution in [-0.4, -0.2) is 44.6 Å². The van der Waals surface area contributed by atoms with Gasteiger partial charge in [-0.15, -0.1) is 0 Å². The number of amides is 1. The summed E-state index contributed by atoms with van der Waals surface area (Å²) in [5, 5.41) is 2.79. The Balaban J connectivity index is 1.58. The average Bonchev–Trinajstić information content (AvgIpc) is 2.93. The van der Waals surface area contributed by atoms with E-state index in [9.17, 15) is 9.59 Å². The highest BCUT2D eigenvalue weighted by molar-refractivity contribution is 6.09. The molecule has 3 N–H and O–H groups in total. The van der Waals surface area contributed by atoms with Gasteiger partial charge in [-0.05, 0) is 48.4 Å². The highest BCUT2D eigenvalue weighted by Gasteiger charge is 2.24. The first kappa shape index (κ1) is 27.1. The van der Waals surface area contributed by atoms with Gasteiger partial charge in [-0.1, -0.05) is 48.5 Å². The topological polar surface area (TPSA) is 112 Å². The van der Waals surface area contributed by atoms with E-state index in [-0.39, 0.29) is 18.6 Å². The zero-order valence-electron chi connectivity index (χ0n) is 20.7. The fourth-order valence-corrected chi connectivity index (χ4v) is 3.84. The van der Waals surface area contributed by atoms with E-state index in [0.29, 0.717) is 37.4 Å². The summed E-state index contributed by atoms with van der Waals surface area (Å²) < 4.78 is 16.2. The van der Waals surface area contributed by atoms with E-state index in [0.717, 1.165) is 30.4 Å². The molecule has 8 heteroatoms. The number of nitrogens with zero attached hydrogens (tertiary/aromatic N) is 1. The van der Waals surface area contributed by atoms with Crippen LogP contribution in [0.4, 0.5) is 0 Å². The summed E-state index contributed by atoms with van der Waals surface area (Å²) in [7, 11) is 1.30. The lowest BCUT2D eigenvalue weighted by atomic mass is 10.00.